The summed E-state index contributed by atoms with van der Waals surface area (Å²) >= 11 is 0. The van der Waals surface area contributed by atoms with Crippen LogP contribution in [0, 0.1) is 0 Å². The molecule has 2 rings (SSSR count). The van der Waals surface area contributed by atoms with Crippen molar-refractivity contribution in [2.24, 2.45) is 0 Å². The fraction of sp³-hybridized carbons (Fsp3) is 0.429. The van der Waals surface area contributed by atoms with Gasteiger partial charge < -0.3 is 16.0 Å². The quantitative estimate of drug-likeness (QED) is 0.780. The summed E-state index contributed by atoms with van der Waals surface area (Å²) in [5.41, 5.74) is 6.81. The lowest BCUT2D eigenvalue weighted by Crippen LogP contribution is -2.51. The number of likely N-dealkylation sites (tertiary alicyclic amines) is 1. The fourth-order valence-corrected chi connectivity index (χ4v) is 2.41. The molecule has 1 atom stereocenters. The molecule has 5 heteroatoms. The Hall–Kier alpha value is -2.04. The summed E-state index contributed by atoms with van der Waals surface area (Å²) in [6.07, 6.45) is 2.64. The van der Waals surface area contributed by atoms with Crippen LogP contribution >= 0.6 is 0 Å². The third kappa shape index (κ3) is 2.86. The Labute approximate surface area is 112 Å². The maximum Gasteiger partial charge on any atom is 0.254 e. The minimum atomic E-state index is -0.358. The number of nitrogens with zero attached hydrogens (tertiary/aromatic N) is 1. The van der Waals surface area contributed by atoms with E-state index in [-0.39, 0.29) is 17.9 Å². The molecule has 3 N–H and O–H groups in total. The van der Waals surface area contributed by atoms with Crippen LogP contribution in [0.2, 0.25) is 0 Å². The van der Waals surface area contributed by atoms with Crippen molar-refractivity contribution in [2.45, 2.75) is 25.3 Å². The molecule has 0 aliphatic carbocycles. The summed E-state index contributed by atoms with van der Waals surface area (Å²) in [6.45, 7) is 0.626. The predicted molar refractivity (Wildman–Crippen MR) is 73.6 cm³/mol. The highest BCUT2D eigenvalue weighted by molar-refractivity contribution is 5.97. The number of hydrogen-bond donors (Lipinski definition) is 2. The van der Waals surface area contributed by atoms with Gasteiger partial charge in [-0.1, -0.05) is 0 Å². The van der Waals surface area contributed by atoms with Crippen LogP contribution in [0.15, 0.2) is 24.3 Å². The zero-order chi connectivity index (χ0) is 13.8. The van der Waals surface area contributed by atoms with Gasteiger partial charge in [0.2, 0.25) is 5.91 Å². The van der Waals surface area contributed by atoms with Gasteiger partial charge in [-0.3, -0.25) is 9.59 Å². The van der Waals surface area contributed by atoms with Gasteiger partial charge in [0, 0.05) is 24.8 Å². The summed E-state index contributed by atoms with van der Waals surface area (Å²) < 4.78 is 0. The van der Waals surface area contributed by atoms with Gasteiger partial charge in [0.1, 0.15) is 6.04 Å². The van der Waals surface area contributed by atoms with Crippen molar-refractivity contribution < 1.29 is 9.59 Å². The third-order valence-corrected chi connectivity index (χ3v) is 3.47. The normalized spacial score (nSPS) is 19.0. The van der Waals surface area contributed by atoms with Crippen LogP contribution in [0.1, 0.15) is 29.6 Å². The van der Waals surface area contributed by atoms with E-state index >= 15 is 0 Å². The topological polar surface area (TPSA) is 75.4 Å². The summed E-state index contributed by atoms with van der Waals surface area (Å²) in [5.74, 6) is -0.197. The molecule has 1 saturated heterocycles. The van der Waals surface area contributed by atoms with E-state index in [0.717, 1.165) is 19.3 Å². The number of nitrogens with one attached hydrogen (secondary N) is 1. The molecule has 2 amide bonds. The van der Waals surface area contributed by atoms with E-state index < -0.39 is 0 Å². The van der Waals surface area contributed by atoms with Gasteiger partial charge in [0.05, 0.1) is 0 Å². The van der Waals surface area contributed by atoms with E-state index in [4.69, 9.17) is 5.73 Å². The second-order valence-corrected chi connectivity index (χ2v) is 4.75. The first-order valence-corrected chi connectivity index (χ1v) is 6.51. The van der Waals surface area contributed by atoms with Gasteiger partial charge in [-0.05, 0) is 43.5 Å². The molecule has 1 fully saturated rings. The summed E-state index contributed by atoms with van der Waals surface area (Å²) in [6, 6.07) is 6.45. The van der Waals surface area contributed by atoms with Crippen LogP contribution in [-0.2, 0) is 4.79 Å². The molecule has 1 aliphatic rings. The van der Waals surface area contributed by atoms with Gasteiger partial charge in [0.25, 0.3) is 5.91 Å². The van der Waals surface area contributed by atoms with Crippen molar-refractivity contribution in [1.29, 1.82) is 0 Å². The molecule has 0 spiro atoms. The van der Waals surface area contributed by atoms with Gasteiger partial charge >= 0.3 is 0 Å². The molecule has 1 aromatic carbocycles. The van der Waals surface area contributed by atoms with Gasteiger partial charge in [-0.25, -0.2) is 0 Å². The molecule has 1 heterocycles. The number of piperidine rings is 1. The summed E-state index contributed by atoms with van der Waals surface area (Å²) in [7, 11) is 1.60. The number of carbonyl (C=O) groups is 2. The van der Waals surface area contributed by atoms with Crippen molar-refractivity contribution >= 4 is 17.5 Å². The zero-order valence-electron chi connectivity index (χ0n) is 11.1. The van der Waals surface area contributed by atoms with Crippen molar-refractivity contribution in [3.8, 4) is 0 Å². The maximum atomic E-state index is 12.4. The van der Waals surface area contributed by atoms with Crippen LogP contribution < -0.4 is 11.1 Å². The second-order valence-electron chi connectivity index (χ2n) is 4.75. The molecular weight excluding hydrogens is 242 g/mol. The number of nitrogen functional groups attached to an aromatic ring is 1. The largest absolute Gasteiger partial charge is 0.399 e. The van der Waals surface area contributed by atoms with E-state index in [1.54, 1.807) is 36.2 Å². The monoisotopic (exact) mass is 261 g/mol. The standard InChI is InChI=1S/C14H19N3O2/c1-16-13(18)12-4-2-3-9-17(12)14(19)10-5-7-11(15)8-6-10/h5-8,12H,2-4,9,15H2,1H3,(H,16,18). The van der Waals surface area contributed by atoms with E-state index in [1.165, 1.54) is 0 Å². The lowest BCUT2D eigenvalue weighted by molar-refractivity contribution is -0.126. The summed E-state index contributed by atoms with van der Waals surface area (Å²) in [5, 5.41) is 2.63. The Morgan fingerprint density at radius 2 is 1.95 bits per heavy atom. The first-order chi connectivity index (χ1) is 9.13. The molecule has 0 radical (unpaired) electrons. The van der Waals surface area contributed by atoms with E-state index in [0.29, 0.717) is 17.8 Å². The maximum absolute atomic E-state index is 12.4. The Morgan fingerprint density at radius 1 is 1.26 bits per heavy atom. The van der Waals surface area contributed by atoms with Crippen LogP contribution in [0.3, 0.4) is 0 Å². The minimum absolute atomic E-state index is 0.0940. The molecule has 0 bridgehead atoms. The number of benzene rings is 1. The molecule has 0 saturated carbocycles. The van der Waals surface area contributed by atoms with Crippen LogP contribution in [0.5, 0.6) is 0 Å². The molecular formula is C14H19N3O2. The lowest BCUT2D eigenvalue weighted by Gasteiger charge is -2.34. The molecule has 19 heavy (non-hydrogen) atoms. The number of amides is 2. The average molecular weight is 261 g/mol. The van der Waals surface area contributed by atoms with E-state index in [1.807, 2.05) is 0 Å². The Balaban J connectivity index is 2.20. The number of rotatable bonds is 2. The Kier molecular flexibility index (Phi) is 4.04. The fourth-order valence-electron chi connectivity index (χ4n) is 2.41. The van der Waals surface area contributed by atoms with Gasteiger partial charge in [-0.2, -0.15) is 0 Å². The first kappa shape index (κ1) is 13.4. The highest BCUT2D eigenvalue weighted by atomic mass is 16.2. The van der Waals surface area contributed by atoms with Gasteiger partial charge in [-0.15, -0.1) is 0 Å². The number of hydrogen-bond acceptors (Lipinski definition) is 3. The highest BCUT2D eigenvalue weighted by Crippen LogP contribution is 2.20. The zero-order valence-corrected chi connectivity index (χ0v) is 11.1. The number of anilines is 1. The van der Waals surface area contributed by atoms with Crippen LogP contribution in [0.25, 0.3) is 0 Å². The molecule has 1 aromatic rings. The van der Waals surface area contributed by atoms with Crippen molar-refractivity contribution in [3.05, 3.63) is 29.8 Å². The first-order valence-electron chi connectivity index (χ1n) is 6.51. The third-order valence-electron chi connectivity index (χ3n) is 3.47. The summed E-state index contributed by atoms with van der Waals surface area (Å²) in [4.78, 5) is 25.9. The Bertz CT molecular complexity index is 470. The van der Waals surface area contributed by atoms with E-state index in [2.05, 4.69) is 5.32 Å². The van der Waals surface area contributed by atoms with E-state index in [9.17, 15) is 9.59 Å². The smallest absolute Gasteiger partial charge is 0.254 e. The molecule has 0 aromatic heterocycles. The van der Waals surface area contributed by atoms with Crippen molar-refractivity contribution in [2.75, 3.05) is 19.3 Å². The molecule has 5 nitrogen and oxygen atoms in total. The molecule has 1 unspecified atom stereocenters. The number of likely N-dealkylation sites (N-methyl/N-ethyl adjacent to an activating group) is 1. The average Bonchev–Trinajstić information content (AvgIpc) is 2.46. The van der Waals surface area contributed by atoms with Crippen molar-refractivity contribution in [3.63, 3.8) is 0 Å². The minimum Gasteiger partial charge on any atom is -0.399 e. The van der Waals surface area contributed by atoms with Gasteiger partial charge in [0.15, 0.2) is 0 Å². The van der Waals surface area contributed by atoms with Crippen LogP contribution in [-0.4, -0.2) is 36.3 Å². The molecule has 1 aliphatic heterocycles. The predicted octanol–water partition coefficient (Wildman–Crippen LogP) is 1.01. The van der Waals surface area contributed by atoms with Crippen LogP contribution in [0.4, 0.5) is 5.69 Å². The number of carbonyl (C=O) groups excluding carboxylic acids is 2. The SMILES string of the molecule is CNC(=O)C1CCCCN1C(=O)c1ccc(N)cc1. The number of nitrogens with two attached hydrogens (primary N) is 1. The van der Waals surface area contributed by atoms with Crippen molar-refractivity contribution in [1.82, 2.24) is 10.2 Å². The lowest BCUT2D eigenvalue weighted by atomic mass is 10.00. The second kappa shape index (κ2) is 5.73. The molecule has 102 valence electrons. The highest BCUT2D eigenvalue weighted by Gasteiger charge is 2.31. The Morgan fingerprint density at radius 3 is 2.58 bits per heavy atom.